The second-order valence-corrected chi connectivity index (χ2v) is 6.68. The Morgan fingerprint density at radius 3 is 2.13 bits per heavy atom. The van der Waals surface area contributed by atoms with Crippen molar-refractivity contribution in [3.63, 3.8) is 0 Å². The molecular formula is C21H20N2. The molecule has 1 aliphatic rings. The van der Waals surface area contributed by atoms with E-state index in [1.807, 2.05) is 24.3 Å². The smallest absolute Gasteiger partial charge is 0.0387 e. The first-order valence-electron chi connectivity index (χ1n) is 7.93. The molecular weight excluding hydrogens is 280 g/mol. The number of anilines is 3. The highest BCUT2D eigenvalue weighted by molar-refractivity contribution is 5.84. The van der Waals surface area contributed by atoms with E-state index in [0.29, 0.717) is 0 Å². The molecule has 1 aliphatic carbocycles. The van der Waals surface area contributed by atoms with Crippen LogP contribution in [0, 0.1) is 0 Å². The Balaban J connectivity index is 1.79. The third kappa shape index (κ3) is 2.18. The van der Waals surface area contributed by atoms with Gasteiger partial charge in [-0.05, 0) is 58.7 Å². The lowest BCUT2D eigenvalue weighted by Crippen LogP contribution is -2.15. The third-order valence-corrected chi connectivity index (χ3v) is 4.76. The maximum absolute atomic E-state index is 6.01. The van der Waals surface area contributed by atoms with Gasteiger partial charge < -0.3 is 11.1 Å². The van der Waals surface area contributed by atoms with Crippen molar-refractivity contribution in [1.82, 2.24) is 0 Å². The number of benzene rings is 3. The fourth-order valence-corrected chi connectivity index (χ4v) is 3.52. The fraction of sp³-hybridized carbons (Fsp3) is 0.143. The standard InChI is InChI=1S/C21H20N2/c1-21(2)19-12-14(22)8-10-17(19)18-11-9-16(13-20(18)21)23-15-6-4-3-5-7-15/h3-13,23H,22H2,1-2H3. The molecule has 114 valence electrons. The summed E-state index contributed by atoms with van der Waals surface area (Å²) in [6.45, 7) is 4.53. The van der Waals surface area contributed by atoms with Crippen LogP contribution < -0.4 is 11.1 Å². The first kappa shape index (κ1) is 13.9. The van der Waals surface area contributed by atoms with Crippen molar-refractivity contribution in [3.8, 4) is 11.1 Å². The Morgan fingerprint density at radius 2 is 1.39 bits per heavy atom. The largest absolute Gasteiger partial charge is 0.399 e. The van der Waals surface area contributed by atoms with Crippen LogP contribution in [0.3, 0.4) is 0 Å². The quantitative estimate of drug-likeness (QED) is 0.629. The molecule has 3 aromatic rings. The molecule has 4 rings (SSSR count). The van der Waals surface area contributed by atoms with E-state index in [1.165, 1.54) is 22.3 Å². The van der Waals surface area contributed by atoms with Crippen molar-refractivity contribution in [2.75, 3.05) is 11.1 Å². The van der Waals surface area contributed by atoms with Crippen LogP contribution in [0.15, 0.2) is 66.7 Å². The van der Waals surface area contributed by atoms with E-state index in [2.05, 4.69) is 61.6 Å². The van der Waals surface area contributed by atoms with Crippen LogP contribution >= 0.6 is 0 Å². The van der Waals surface area contributed by atoms with Crippen molar-refractivity contribution in [2.45, 2.75) is 19.3 Å². The normalized spacial score (nSPS) is 14.2. The van der Waals surface area contributed by atoms with Gasteiger partial charge in [-0.1, -0.05) is 44.2 Å². The maximum Gasteiger partial charge on any atom is 0.0387 e. The summed E-state index contributed by atoms with van der Waals surface area (Å²) in [6, 6.07) is 23.1. The Hall–Kier alpha value is -2.74. The molecule has 0 saturated carbocycles. The summed E-state index contributed by atoms with van der Waals surface area (Å²) in [5, 5.41) is 3.48. The molecule has 0 bridgehead atoms. The molecule has 0 aliphatic heterocycles. The Labute approximate surface area is 137 Å². The molecule has 0 radical (unpaired) electrons. The van der Waals surface area contributed by atoms with Gasteiger partial charge in [0.15, 0.2) is 0 Å². The molecule has 2 heteroatoms. The lowest BCUT2D eigenvalue weighted by atomic mass is 9.82. The summed E-state index contributed by atoms with van der Waals surface area (Å²) in [4.78, 5) is 0. The molecule has 0 unspecified atom stereocenters. The summed E-state index contributed by atoms with van der Waals surface area (Å²) in [7, 11) is 0. The Kier molecular flexibility index (Phi) is 2.95. The molecule has 2 nitrogen and oxygen atoms in total. The number of para-hydroxylation sites is 1. The van der Waals surface area contributed by atoms with Gasteiger partial charge in [0.25, 0.3) is 0 Å². The zero-order valence-corrected chi connectivity index (χ0v) is 13.4. The van der Waals surface area contributed by atoms with Crippen LogP contribution in [-0.2, 0) is 5.41 Å². The number of nitrogens with two attached hydrogens (primary N) is 1. The lowest BCUT2D eigenvalue weighted by molar-refractivity contribution is 0.661. The number of nitrogen functional groups attached to an aromatic ring is 1. The number of hydrogen-bond donors (Lipinski definition) is 2. The van der Waals surface area contributed by atoms with E-state index in [-0.39, 0.29) is 5.41 Å². The van der Waals surface area contributed by atoms with E-state index in [4.69, 9.17) is 5.73 Å². The van der Waals surface area contributed by atoms with Crippen molar-refractivity contribution in [2.24, 2.45) is 0 Å². The Bertz CT molecular complexity index is 880. The first-order chi connectivity index (χ1) is 11.1. The van der Waals surface area contributed by atoms with Gasteiger partial charge in [0.2, 0.25) is 0 Å². The summed E-state index contributed by atoms with van der Waals surface area (Å²) in [5.41, 5.74) is 14.3. The number of nitrogens with one attached hydrogen (secondary N) is 1. The highest BCUT2D eigenvalue weighted by Crippen LogP contribution is 2.49. The molecule has 0 atom stereocenters. The molecule has 0 heterocycles. The van der Waals surface area contributed by atoms with Crippen LogP contribution in [0.2, 0.25) is 0 Å². The molecule has 3 aromatic carbocycles. The van der Waals surface area contributed by atoms with E-state index < -0.39 is 0 Å². The van der Waals surface area contributed by atoms with Gasteiger partial charge in [-0.15, -0.1) is 0 Å². The van der Waals surface area contributed by atoms with Gasteiger partial charge in [0.05, 0.1) is 0 Å². The van der Waals surface area contributed by atoms with Gasteiger partial charge in [-0.2, -0.15) is 0 Å². The predicted molar refractivity (Wildman–Crippen MR) is 98.1 cm³/mol. The SMILES string of the molecule is CC1(C)c2cc(N)ccc2-c2ccc(Nc3ccccc3)cc21. The average molecular weight is 300 g/mol. The third-order valence-electron chi connectivity index (χ3n) is 4.76. The monoisotopic (exact) mass is 300 g/mol. The van der Waals surface area contributed by atoms with E-state index >= 15 is 0 Å². The lowest BCUT2D eigenvalue weighted by Gasteiger charge is -2.22. The van der Waals surface area contributed by atoms with Crippen LogP contribution in [-0.4, -0.2) is 0 Å². The molecule has 0 saturated heterocycles. The summed E-state index contributed by atoms with van der Waals surface area (Å²) >= 11 is 0. The molecule has 0 fully saturated rings. The predicted octanol–water partition coefficient (Wildman–Crippen LogP) is 5.32. The van der Waals surface area contributed by atoms with Gasteiger partial charge >= 0.3 is 0 Å². The van der Waals surface area contributed by atoms with E-state index in [0.717, 1.165) is 17.1 Å². The van der Waals surface area contributed by atoms with Gasteiger partial charge in [-0.25, -0.2) is 0 Å². The molecule has 23 heavy (non-hydrogen) atoms. The highest BCUT2D eigenvalue weighted by atomic mass is 14.9. The first-order valence-corrected chi connectivity index (χ1v) is 7.93. The van der Waals surface area contributed by atoms with Crippen LogP contribution in [0.1, 0.15) is 25.0 Å². The van der Waals surface area contributed by atoms with Crippen molar-refractivity contribution >= 4 is 17.1 Å². The van der Waals surface area contributed by atoms with Crippen molar-refractivity contribution in [3.05, 3.63) is 77.9 Å². The zero-order chi connectivity index (χ0) is 16.0. The molecule has 0 aromatic heterocycles. The summed E-state index contributed by atoms with van der Waals surface area (Å²) in [5.74, 6) is 0. The second-order valence-electron chi connectivity index (χ2n) is 6.68. The number of fused-ring (bicyclic) bond motifs is 3. The van der Waals surface area contributed by atoms with Gasteiger partial charge in [0, 0.05) is 22.5 Å². The van der Waals surface area contributed by atoms with Crippen LogP contribution in [0.4, 0.5) is 17.1 Å². The van der Waals surface area contributed by atoms with E-state index in [9.17, 15) is 0 Å². The second kappa shape index (κ2) is 4.88. The van der Waals surface area contributed by atoms with Crippen molar-refractivity contribution in [1.29, 1.82) is 0 Å². The minimum atomic E-state index is -0.0333. The number of hydrogen-bond acceptors (Lipinski definition) is 2. The molecule has 0 spiro atoms. The minimum Gasteiger partial charge on any atom is -0.399 e. The van der Waals surface area contributed by atoms with E-state index in [1.54, 1.807) is 0 Å². The zero-order valence-electron chi connectivity index (χ0n) is 13.4. The minimum absolute atomic E-state index is 0.0333. The van der Waals surface area contributed by atoms with Crippen molar-refractivity contribution < 1.29 is 0 Å². The summed E-state index contributed by atoms with van der Waals surface area (Å²) < 4.78 is 0. The Morgan fingerprint density at radius 1 is 0.739 bits per heavy atom. The maximum atomic E-state index is 6.01. The summed E-state index contributed by atoms with van der Waals surface area (Å²) in [6.07, 6.45) is 0. The van der Waals surface area contributed by atoms with Gasteiger partial charge in [-0.3, -0.25) is 0 Å². The van der Waals surface area contributed by atoms with Gasteiger partial charge in [0.1, 0.15) is 0 Å². The van der Waals surface area contributed by atoms with Crippen LogP contribution in [0.25, 0.3) is 11.1 Å². The highest BCUT2D eigenvalue weighted by Gasteiger charge is 2.35. The molecule has 3 N–H and O–H groups in total. The average Bonchev–Trinajstić information content (AvgIpc) is 2.76. The fourth-order valence-electron chi connectivity index (χ4n) is 3.52. The topological polar surface area (TPSA) is 38.0 Å². The molecule has 0 amide bonds. The number of rotatable bonds is 2. The van der Waals surface area contributed by atoms with Crippen LogP contribution in [0.5, 0.6) is 0 Å².